The Morgan fingerprint density at radius 3 is 2.85 bits per heavy atom. The number of benzene rings is 1. The lowest BCUT2D eigenvalue weighted by molar-refractivity contribution is -0.135. The first-order valence-corrected chi connectivity index (χ1v) is 8.17. The highest BCUT2D eigenvalue weighted by Gasteiger charge is 2.49. The Morgan fingerprint density at radius 2 is 2.12 bits per heavy atom. The minimum absolute atomic E-state index is 0.113. The van der Waals surface area contributed by atoms with Gasteiger partial charge in [0, 0.05) is 13.2 Å². The Kier molecular flexibility index (Phi) is 4.73. The first kappa shape index (κ1) is 18.0. The number of hydrogen-bond donors (Lipinski definition) is 2. The number of nitrogens with zero attached hydrogens (tertiary/aromatic N) is 1. The van der Waals surface area contributed by atoms with Gasteiger partial charge in [0.1, 0.15) is 12.1 Å². The molecule has 2 atom stereocenters. The number of nitrogens with one attached hydrogen (secondary N) is 2. The fourth-order valence-corrected chi connectivity index (χ4v) is 3.00. The second kappa shape index (κ2) is 6.83. The second-order valence-corrected chi connectivity index (χ2v) is 6.44. The molecule has 1 aromatic rings. The molecule has 26 heavy (non-hydrogen) atoms. The van der Waals surface area contributed by atoms with Crippen molar-refractivity contribution in [2.24, 2.45) is 0 Å². The summed E-state index contributed by atoms with van der Waals surface area (Å²) in [7, 11) is 1.52. The minimum atomic E-state index is -1.28. The maximum atomic E-state index is 12.9. The molecule has 4 amide bonds. The third-order valence-corrected chi connectivity index (χ3v) is 4.35. The zero-order valence-corrected chi connectivity index (χ0v) is 14.8. The highest BCUT2D eigenvalue weighted by molar-refractivity contribution is 6.09. The van der Waals surface area contributed by atoms with Crippen molar-refractivity contribution in [3.63, 3.8) is 0 Å². The number of carbonyl (C=O) groups excluding carboxylic acids is 3. The lowest BCUT2D eigenvalue weighted by Gasteiger charge is -2.22. The maximum absolute atomic E-state index is 12.9. The van der Waals surface area contributed by atoms with Crippen LogP contribution < -0.4 is 20.1 Å². The monoisotopic (exact) mass is 363 g/mol. The van der Waals surface area contributed by atoms with Crippen molar-refractivity contribution in [3.05, 3.63) is 23.8 Å². The van der Waals surface area contributed by atoms with Crippen molar-refractivity contribution in [3.8, 4) is 11.5 Å². The van der Waals surface area contributed by atoms with Crippen molar-refractivity contribution in [2.45, 2.75) is 25.4 Å². The number of ether oxygens (including phenoxy) is 3. The number of imide groups is 1. The molecule has 3 rings (SSSR count). The molecule has 1 aromatic carbocycles. The van der Waals surface area contributed by atoms with Gasteiger partial charge in [0.05, 0.1) is 6.61 Å². The van der Waals surface area contributed by atoms with E-state index in [4.69, 9.17) is 14.2 Å². The predicted molar refractivity (Wildman–Crippen MR) is 89.6 cm³/mol. The molecule has 2 N–H and O–H groups in total. The average Bonchev–Trinajstić information content (AvgIpc) is 3.13. The van der Waals surface area contributed by atoms with Gasteiger partial charge in [-0.05, 0) is 31.5 Å². The van der Waals surface area contributed by atoms with Crippen molar-refractivity contribution in [2.75, 3.05) is 27.1 Å². The average molecular weight is 363 g/mol. The first-order chi connectivity index (χ1) is 12.3. The third kappa shape index (κ3) is 3.17. The van der Waals surface area contributed by atoms with E-state index < -0.39 is 23.4 Å². The van der Waals surface area contributed by atoms with E-state index in [1.807, 2.05) is 0 Å². The van der Waals surface area contributed by atoms with E-state index in [2.05, 4.69) is 10.6 Å². The number of carbonyl (C=O) groups is 3. The SMILES string of the molecule is COC[C@@H](C)NC(=O)CN1C(=O)N[C@@](C)(c2ccc3c(c2)OCO3)C1=O. The topological polar surface area (TPSA) is 106 Å². The molecule has 0 spiro atoms. The Bertz CT molecular complexity index is 752. The van der Waals surface area contributed by atoms with Crippen LogP contribution >= 0.6 is 0 Å². The lowest BCUT2D eigenvalue weighted by atomic mass is 9.91. The summed E-state index contributed by atoms with van der Waals surface area (Å²) < 4.78 is 15.5. The molecule has 140 valence electrons. The molecule has 9 nitrogen and oxygen atoms in total. The van der Waals surface area contributed by atoms with Gasteiger partial charge in [-0.2, -0.15) is 0 Å². The van der Waals surface area contributed by atoms with Gasteiger partial charge in [-0.25, -0.2) is 4.79 Å². The van der Waals surface area contributed by atoms with E-state index in [-0.39, 0.29) is 19.4 Å². The molecule has 0 radical (unpaired) electrons. The summed E-state index contributed by atoms with van der Waals surface area (Å²) in [5.74, 6) is 0.150. The van der Waals surface area contributed by atoms with Gasteiger partial charge in [0.25, 0.3) is 5.91 Å². The number of methoxy groups -OCH3 is 1. The van der Waals surface area contributed by atoms with Crippen LogP contribution in [0.3, 0.4) is 0 Å². The summed E-state index contributed by atoms with van der Waals surface area (Å²) in [6.45, 7) is 3.45. The van der Waals surface area contributed by atoms with E-state index in [1.165, 1.54) is 7.11 Å². The zero-order valence-electron chi connectivity index (χ0n) is 14.8. The second-order valence-electron chi connectivity index (χ2n) is 6.44. The van der Waals surface area contributed by atoms with Gasteiger partial charge in [-0.1, -0.05) is 6.07 Å². The smallest absolute Gasteiger partial charge is 0.325 e. The molecule has 1 fully saturated rings. The van der Waals surface area contributed by atoms with Gasteiger partial charge >= 0.3 is 6.03 Å². The lowest BCUT2D eigenvalue weighted by Crippen LogP contribution is -2.45. The van der Waals surface area contributed by atoms with Crippen LogP contribution in [0.4, 0.5) is 4.79 Å². The normalized spacial score (nSPS) is 22.3. The molecule has 2 aliphatic rings. The van der Waals surface area contributed by atoms with E-state index in [9.17, 15) is 14.4 Å². The highest BCUT2D eigenvalue weighted by Crippen LogP contribution is 2.37. The number of amides is 4. The first-order valence-electron chi connectivity index (χ1n) is 8.17. The van der Waals surface area contributed by atoms with E-state index >= 15 is 0 Å². The molecule has 9 heteroatoms. The van der Waals surface area contributed by atoms with Crippen LogP contribution in [0.15, 0.2) is 18.2 Å². The van der Waals surface area contributed by atoms with Gasteiger partial charge in [-0.15, -0.1) is 0 Å². The van der Waals surface area contributed by atoms with Crippen molar-refractivity contribution in [1.82, 2.24) is 15.5 Å². The summed E-state index contributed by atoms with van der Waals surface area (Å²) in [6, 6.07) is 4.18. The number of rotatable bonds is 6. The molecule has 0 aliphatic carbocycles. The van der Waals surface area contributed by atoms with E-state index in [0.29, 0.717) is 23.7 Å². The largest absolute Gasteiger partial charge is 0.454 e. The van der Waals surface area contributed by atoms with Crippen LogP contribution in [0.25, 0.3) is 0 Å². The highest BCUT2D eigenvalue weighted by atomic mass is 16.7. The molecule has 0 aromatic heterocycles. The van der Waals surface area contributed by atoms with Crippen molar-refractivity contribution >= 4 is 17.8 Å². The molecule has 2 aliphatic heterocycles. The molecule has 0 saturated carbocycles. The standard InChI is InChI=1S/C17H21N3O6/c1-10(8-24-3)18-14(21)7-20-15(22)17(2,19-16(20)23)11-4-5-12-13(6-11)26-9-25-12/h4-6,10H,7-9H2,1-3H3,(H,18,21)(H,19,23)/t10-,17+/m1/s1. The maximum Gasteiger partial charge on any atom is 0.325 e. The van der Waals surface area contributed by atoms with Crippen LogP contribution in [-0.2, 0) is 19.9 Å². The number of fused-ring (bicyclic) bond motifs is 1. The molecule has 0 bridgehead atoms. The predicted octanol–water partition coefficient (Wildman–Crippen LogP) is 0.333. The van der Waals surface area contributed by atoms with Gasteiger partial charge < -0.3 is 24.8 Å². The number of hydrogen-bond acceptors (Lipinski definition) is 6. The Hall–Kier alpha value is -2.81. The van der Waals surface area contributed by atoms with Crippen LogP contribution in [0.2, 0.25) is 0 Å². The fourth-order valence-electron chi connectivity index (χ4n) is 3.00. The van der Waals surface area contributed by atoms with E-state index in [0.717, 1.165) is 4.90 Å². The molecular formula is C17H21N3O6. The van der Waals surface area contributed by atoms with Crippen LogP contribution in [0.1, 0.15) is 19.4 Å². The zero-order chi connectivity index (χ0) is 18.9. The van der Waals surface area contributed by atoms with Crippen LogP contribution in [-0.4, -0.2) is 55.8 Å². The summed E-state index contributed by atoms with van der Waals surface area (Å²) in [5.41, 5.74) is -0.730. The summed E-state index contributed by atoms with van der Waals surface area (Å²) in [6.07, 6.45) is 0. The van der Waals surface area contributed by atoms with E-state index in [1.54, 1.807) is 32.0 Å². The third-order valence-electron chi connectivity index (χ3n) is 4.35. The molecule has 2 heterocycles. The van der Waals surface area contributed by atoms with Gasteiger partial charge in [0.2, 0.25) is 12.7 Å². The Labute approximate surface area is 150 Å². The molecule has 0 unspecified atom stereocenters. The summed E-state index contributed by atoms with van der Waals surface area (Å²) >= 11 is 0. The summed E-state index contributed by atoms with van der Waals surface area (Å²) in [5, 5.41) is 5.33. The van der Waals surface area contributed by atoms with Gasteiger partial charge in [-0.3, -0.25) is 14.5 Å². The molecule has 1 saturated heterocycles. The van der Waals surface area contributed by atoms with Crippen molar-refractivity contribution < 1.29 is 28.6 Å². The quantitative estimate of drug-likeness (QED) is 0.706. The minimum Gasteiger partial charge on any atom is -0.454 e. The van der Waals surface area contributed by atoms with Crippen LogP contribution in [0, 0.1) is 0 Å². The number of urea groups is 1. The Morgan fingerprint density at radius 1 is 1.38 bits per heavy atom. The van der Waals surface area contributed by atoms with Crippen LogP contribution in [0.5, 0.6) is 11.5 Å². The summed E-state index contributed by atoms with van der Waals surface area (Å²) in [4.78, 5) is 38.1. The Balaban J connectivity index is 1.74. The van der Waals surface area contributed by atoms with Crippen molar-refractivity contribution in [1.29, 1.82) is 0 Å². The fraction of sp³-hybridized carbons (Fsp3) is 0.471. The van der Waals surface area contributed by atoms with Gasteiger partial charge in [0.15, 0.2) is 11.5 Å². The molecular weight excluding hydrogens is 342 g/mol.